The van der Waals surface area contributed by atoms with Crippen LogP contribution in [0.2, 0.25) is 0 Å². The number of benzene rings is 1. The van der Waals surface area contributed by atoms with Gasteiger partial charge in [0.15, 0.2) is 0 Å². The molecule has 1 aromatic carbocycles. The summed E-state index contributed by atoms with van der Waals surface area (Å²) in [6.45, 7) is 12.5. The highest BCUT2D eigenvalue weighted by atomic mass is 33.4. The van der Waals surface area contributed by atoms with Crippen LogP contribution in [0.25, 0.3) is 0 Å². The van der Waals surface area contributed by atoms with Crippen LogP contribution in [0.1, 0.15) is 32.3 Å². The van der Waals surface area contributed by atoms with Gasteiger partial charge >= 0.3 is 0 Å². The first-order chi connectivity index (χ1) is 26.8. The van der Waals surface area contributed by atoms with Crippen molar-refractivity contribution in [1.29, 1.82) is 0 Å². The Morgan fingerprint density at radius 3 is 1.07 bits per heavy atom. The minimum atomic E-state index is -3.72. The Labute approximate surface area is 389 Å². The summed E-state index contributed by atoms with van der Waals surface area (Å²) in [5.74, 6) is 0. The largest absolute Gasteiger partial charge is 0.394 e. The van der Waals surface area contributed by atoms with Gasteiger partial charge in [0, 0.05) is 191 Å². The fourth-order valence-electron chi connectivity index (χ4n) is 2.54. The van der Waals surface area contributed by atoms with Crippen LogP contribution < -0.4 is 0 Å². The molecule has 1 aromatic rings. The van der Waals surface area contributed by atoms with Crippen LogP contribution in [0, 0.1) is 6.92 Å². The molecule has 0 saturated carbocycles. The lowest BCUT2D eigenvalue weighted by atomic mass is 10.2. The van der Waals surface area contributed by atoms with Gasteiger partial charge in [-0.05, 0) is 31.9 Å². The van der Waals surface area contributed by atoms with Crippen molar-refractivity contribution in [1.82, 2.24) is 0 Å². The third-order valence-corrected chi connectivity index (χ3v) is 34.8. The molecular weight excluding hydrogens is 1100 g/mol. The summed E-state index contributed by atoms with van der Waals surface area (Å²) < 4.78 is 59.9. The Bertz CT molecular complexity index is 1760. The molecule has 0 saturated heterocycles. The summed E-state index contributed by atoms with van der Waals surface area (Å²) in [5.41, 5.74) is 0.993. The van der Waals surface area contributed by atoms with Crippen molar-refractivity contribution in [3.05, 3.63) is 29.8 Å². The van der Waals surface area contributed by atoms with Gasteiger partial charge in [-0.25, -0.2) is 0 Å². The van der Waals surface area contributed by atoms with Crippen molar-refractivity contribution in [2.24, 2.45) is 0 Å². The number of aryl methyl sites for hydroxylation is 1. The maximum absolute atomic E-state index is 11.9. The molecule has 326 valence electrons. The molecule has 10 nitrogen and oxygen atoms in total. The fraction of sp³-hybridized carbons (Fsp3) is 0.760. The number of ether oxygens (including phenoxy) is 6. The Balaban J connectivity index is -0.000000717. The molecular formula is C25H46O10S20. The van der Waals surface area contributed by atoms with Crippen LogP contribution in [0.5, 0.6) is 0 Å². The maximum Gasteiger partial charge on any atom is 0.297 e. The topological polar surface area (TPSA) is 119 Å². The summed E-state index contributed by atoms with van der Waals surface area (Å²) in [5, 5.41) is 8.38. The van der Waals surface area contributed by atoms with Crippen LogP contribution in [0.4, 0.5) is 0 Å². The van der Waals surface area contributed by atoms with Crippen molar-refractivity contribution >= 4 is 188 Å². The van der Waals surface area contributed by atoms with Crippen molar-refractivity contribution < 1.29 is 46.1 Å². The molecule has 0 aromatic heterocycles. The Hall–Kier alpha value is 3.03. The highest BCUT2D eigenvalue weighted by molar-refractivity contribution is 8.73. The third-order valence-electron chi connectivity index (χ3n) is 4.56. The highest BCUT2D eigenvalue weighted by Gasteiger charge is 2.14. The molecule has 55 heavy (non-hydrogen) atoms. The summed E-state index contributed by atoms with van der Waals surface area (Å²) >= 11 is 18.6. The molecule has 0 atom stereocenters. The van der Waals surface area contributed by atoms with Gasteiger partial charge in [0.25, 0.3) is 10.1 Å². The Morgan fingerprint density at radius 1 is 0.473 bits per heavy atom. The fourth-order valence-corrected chi connectivity index (χ4v) is 33.6. The van der Waals surface area contributed by atoms with Gasteiger partial charge in [-0.3, -0.25) is 4.18 Å². The highest BCUT2D eigenvalue weighted by Crippen LogP contribution is 2.12. The van der Waals surface area contributed by atoms with E-state index in [1.807, 2.05) is 6.92 Å². The standard InChI is InChI=1S/C16H26O6S.C9H20O4.S10.S9/c1-3-8-19-9-10-20-11-12-21-13-14-22-23(17,18)16-6-4-15(2)5-7-16;1-2-4-11-6-8-13-9-7-12-5-3-10;1-3-5-7-9-10-8-6-4-2;1-3-5-7-9-8-6-4-2/h4-7H,3,8-14H2,1-2H3;10H,2-9H2,1H3;;. The lowest BCUT2D eigenvalue weighted by molar-refractivity contribution is 0.00783. The van der Waals surface area contributed by atoms with E-state index >= 15 is 0 Å². The van der Waals surface area contributed by atoms with E-state index in [4.69, 9.17) is 37.7 Å². The lowest BCUT2D eigenvalue weighted by Gasteiger charge is -2.08. The van der Waals surface area contributed by atoms with E-state index in [2.05, 4.69) is 58.6 Å². The molecule has 0 amide bonds. The van der Waals surface area contributed by atoms with Crippen molar-refractivity contribution in [2.45, 2.75) is 38.5 Å². The first kappa shape index (κ1) is 62.3. The van der Waals surface area contributed by atoms with E-state index in [1.54, 1.807) is 110 Å². The summed E-state index contributed by atoms with van der Waals surface area (Å²) in [7, 11) is 19.9. The predicted molar refractivity (Wildman–Crippen MR) is 277 cm³/mol. The van der Waals surface area contributed by atoms with E-state index in [-0.39, 0.29) is 24.7 Å². The van der Waals surface area contributed by atoms with Gasteiger partial charge in [-0.15, -0.1) is 0 Å². The molecule has 0 spiro atoms. The minimum absolute atomic E-state index is 0.0180. The summed E-state index contributed by atoms with van der Waals surface area (Å²) in [4.78, 5) is 0.151. The van der Waals surface area contributed by atoms with E-state index < -0.39 is 10.1 Å². The smallest absolute Gasteiger partial charge is 0.297 e. The average Bonchev–Trinajstić information content (AvgIpc) is 3.18. The van der Waals surface area contributed by atoms with E-state index in [9.17, 15) is 8.42 Å². The zero-order valence-corrected chi connectivity index (χ0v) is 46.2. The van der Waals surface area contributed by atoms with Gasteiger partial charge < -0.3 is 33.5 Å². The third kappa shape index (κ3) is 55.0. The minimum Gasteiger partial charge on any atom is -0.394 e. The predicted octanol–water partition coefficient (Wildman–Crippen LogP) is 2.55. The van der Waals surface area contributed by atoms with Crippen LogP contribution in [0.3, 0.4) is 0 Å². The summed E-state index contributed by atoms with van der Waals surface area (Å²) in [6.07, 6.45) is 2.04. The van der Waals surface area contributed by atoms with Crippen LogP contribution in [0.15, 0.2) is 29.2 Å². The normalized spacial score (nSPS) is 9.75. The molecule has 0 aliphatic rings. The number of aliphatic hydroxyl groups is 1. The molecule has 0 radical (unpaired) electrons. The number of aliphatic hydroxyl groups excluding tert-OH is 1. The molecule has 0 unspecified atom stereocenters. The molecule has 0 aliphatic heterocycles. The van der Waals surface area contributed by atoms with E-state index in [0.29, 0.717) is 59.5 Å². The van der Waals surface area contributed by atoms with Gasteiger partial charge in [0.2, 0.25) is 0 Å². The number of hydrogen-bond acceptors (Lipinski definition) is 14. The quantitative estimate of drug-likeness (QED) is 0.128. The van der Waals surface area contributed by atoms with E-state index in [1.165, 1.54) is 47.7 Å². The lowest BCUT2D eigenvalue weighted by Crippen LogP contribution is -2.14. The van der Waals surface area contributed by atoms with Crippen LogP contribution in [-0.4, -0.2) is 106 Å². The SMILES string of the molecule is CCCOCCOCCOCCO.CCCOCCOCCOCCOS(=O)(=O)c1ccc(C)cc1.S=S=S=S=S=S=S=S=S.S=S=S=S=S=S=S=S=S=S. The van der Waals surface area contributed by atoms with Gasteiger partial charge in [0.05, 0.1) is 84.2 Å². The number of hydrogen-bond donors (Lipinski definition) is 1. The van der Waals surface area contributed by atoms with Crippen LogP contribution in [-0.2, 0) is 221 Å². The second-order valence-electron chi connectivity index (χ2n) is 8.51. The molecule has 0 heterocycles. The monoisotopic (exact) mass is 1150 g/mol. The van der Waals surface area contributed by atoms with Crippen molar-refractivity contribution in [3.63, 3.8) is 0 Å². The molecule has 30 heteroatoms. The molecule has 0 fully saturated rings. The number of rotatable bonds is 23. The molecule has 0 aliphatic carbocycles. The summed E-state index contributed by atoms with van der Waals surface area (Å²) in [6, 6.07) is 6.52. The first-order valence-electron chi connectivity index (χ1n) is 15.3. The van der Waals surface area contributed by atoms with E-state index in [0.717, 1.165) is 31.6 Å². The molecule has 1 N–H and O–H groups in total. The van der Waals surface area contributed by atoms with Gasteiger partial charge in [0.1, 0.15) is 0 Å². The zero-order chi connectivity index (χ0) is 41.4. The molecule has 1 rings (SSSR count). The van der Waals surface area contributed by atoms with Crippen LogP contribution >= 0.6 is 0 Å². The molecule has 0 bridgehead atoms. The second-order valence-corrected chi connectivity index (χ2v) is 36.7. The Kier molecular flexibility index (Phi) is 62.4. The average molecular weight is 1150 g/mol. The first-order valence-corrected chi connectivity index (χ1v) is 39.4. The maximum atomic E-state index is 11.9. The second kappa shape index (κ2) is 55.0. The zero-order valence-electron chi connectivity index (χ0n) is 29.9. The van der Waals surface area contributed by atoms with Gasteiger partial charge in [-0.1, -0.05) is 31.5 Å². The Morgan fingerprint density at radius 2 is 0.764 bits per heavy atom. The van der Waals surface area contributed by atoms with Crippen molar-refractivity contribution in [3.8, 4) is 0 Å². The van der Waals surface area contributed by atoms with Crippen molar-refractivity contribution in [2.75, 3.05) is 92.5 Å². The van der Waals surface area contributed by atoms with Gasteiger partial charge in [-0.2, -0.15) is 8.42 Å².